The lowest BCUT2D eigenvalue weighted by Gasteiger charge is -2.11. The Morgan fingerprint density at radius 2 is 2.38 bits per heavy atom. The van der Waals surface area contributed by atoms with E-state index in [1.807, 2.05) is 25.3 Å². The summed E-state index contributed by atoms with van der Waals surface area (Å²) in [6.45, 7) is 1.91. The van der Waals surface area contributed by atoms with E-state index in [0.29, 0.717) is 12.8 Å². The number of allylic oxidation sites excluding steroid dienone is 1. The van der Waals surface area contributed by atoms with Crippen molar-refractivity contribution >= 4 is 18.4 Å². The Morgan fingerprint density at radius 1 is 1.62 bits per heavy atom. The molecule has 1 rings (SSSR count). The van der Waals surface area contributed by atoms with Gasteiger partial charge in [-0.1, -0.05) is 12.2 Å². The topological polar surface area (TPSA) is 88.0 Å². The Labute approximate surface area is 93.7 Å². The van der Waals surface area contributed by atoms with Gasteiger partial charge in [0.2, 0.25) is 12.3 Å². The molecule has 5 heteroatoms. The summed E-state index contributed by atoms with van der Waals surface area (Å²) in [6, 6.07) is -0.669. The molecule has 2 amide bonds. The first kappa shape index (κ1) is 12.0. The van der Waals surface area contributed by atoms with Gasteiger partial charge >= 0.3 is 0 Å². The molecule has 0 radical (unpaired) electrons. The monoisotopic (exact) mass is 221 g/mol. The fraction of sp³-hybridized carbons (Fsp3) is 0.273. The molecule has 1 unspecified atom stereocenters. The van der Waals surface area contributed by atoms with E-state index in [4.69, 9.17) is 5.73 Å². The maximum atomic E-state index is 11.1. The third-order valence-corrected chi connectivity index (χ3v) is 2.25. The van der Waals surface area contributed by atoms with E-state index in [-0.39, 0.29) is 0 Å². The molecule has 0 bridgehead atoms. The minimum Gasteiger partial charge on any atom is -0.368 e. The fourth-order valence-electron chi connectivity index (χ4n) is 1.46. The molecule has 0 aliphatic rings. The number of H-pyrrole nitrogens is 1. The van der Waals surface area contributed by atoms with Gasteiger partial charge in [-0.3, -0.25) is 9.59 Å². The highest BCUT2D eigenvalue weighted by molar-refractivity contribution is 5.82. The van der Waals surface area contributed by atoms with Crippen molar-refractivity contribution in [1.82, 2.24) is 10.3 Å². The molecule has 86 valence electrons. The second-order valence-corrected chi connectivity index (χ2v) is 3.38. The van der Waals surface area contributed by atoms with E-state index in [0.717, 1.165) is 11.1 Å². The van der Waals surface area contributed by atoms with Gasteiger partial charge in [-0.05, 0) is 18.1 Å². The summed E-state index contributed by atoms with van der Waals surface area (Å²) in [5, 5.41) is 2.40. The second kappa shape index (κ2) is 5.75. The van der Waals surface area contributed by atoms with E-state index in [2.05, 4.69) is 10.3 Å². The van der Waals surface area contributed by atoms with Gasteiger partial charge in [-0.15, -0.1) is 0 Å². The summed E-state index contributed by atoms with van der Waals surface area (Å²) >= 11 is 0. The van der Waals surface area contributed by atoms with Crippen molar-refractivity contribution in [3.8, 4) is 0 Å². The molecule has 0 saturated carbocycles. The lowest BCUT2D eigenvalue weighted by molar-refractivity contribution is -0.122. The second-order valence-electron chi connectivity index (χ2n) is 3.38. The zero-order valence-electron chi connectivity index (χ0n) is 9.07. The average molecular weight is 221 g/mol. The number of carbonyl (C=O) groups excluding carboxylic acids is 2. The normalized spacial score (nSPS) is 12.6. The Morgan fingerprint density at radius 3 is 2.94 bits per heavy atom. The fourth-order valence-corrected chi connectivity index (χ4v) is 1.46. The van der Waals surface area contributed by atoms with Crippen LogP contribution >= 0.6 is 0 Å². The summed E-state index contributed by atoms with van der Waals surface area (Å²) in [6.07, 6.45) is 8.31. The number of aromatic nitrogens is 1. The van der Waals surface area contributed by atoms with E-state index < -0.39 is 11.9 Å². The Balaban J connectivity index is 2.80. The first-order chi connectivity index (χ1) is 7.69. The van der Waals surface area contributed by atoms with Gasteiger partial charge in [-0.2, -0.15) is 0 Å². The van der Waals surface area contributed by atoms with Crippen LogP contribution in [-0.4, -0.2) is 23.3 Å². The summed E-state index contributed by atoms with van der Waals surface area (Å²) in [5.74, 6) is -0.542. The molecule has 1 aromatic heterocycles. The Bertz CT molecular complexity index is 396. The summed E-state index contributed by atoms with van der Waals surface area (Å²) < 4.78 is 0. The van der Waals surface area contributed by atoms with Crippen molar-refractivity contribution in [3.05, 3.63) is 29.6 Å². The van der Waals surface area contributed by atoms with Crippen LogP contribution in [-0.2, 0) is 16.0 Å². The van der Waals surface area contributed by atoms with Crippen LogP contribution in [0.1, 0.15) is 18.1 Å². The first-order valence-electron chi connectivity index (χ1n) is 4.96. The van der Waals surface area contributed by atoms with Crippen LogP contribution in [0.4, 0.5) is 0 Å². The maximum Gasteiger partial charge on any atom is 0.240 e. The minimum absolute atomic E-state index is 0.386. The third-order valence-electron chi connectivity index (χ3n) is 2.25. The van der Waals surface area contributed by atoms with Crippen molar-refractivity contribution in [1.29, 1.82) is 0 Å². The summed E-state index contributed by atoms with van der Waals surface area (Å²) in [5.41, 5.74) is 7.10. The van der Waals surface area contributed by atoms with Crippen molar-refractivity contribution in [2.75, 3.05) is 0 Å². The number of rotatable bonds is 6. The first-order valence-corrected chi connectivity index (χ1v) is 4.96. The molecule has 1 aromatic rings. The zero-order valence-corrected chi connectivity index (χ0v) is 9.07. The molecular weight excluding hydrogens is 206 g/mol. The number of carbonyl (C=O) groups is 2. The van der Waals surface area contributed by atoms with E-state index in [9.17, 15) is 9.59 Å². The van der Waals surface area contributed by atoms with Crippen LogP contribution in [0.15, 0.2) is 18.5 Å². The quantitative estimate of drug-likeness (QED) is 0.599. The molecule has 0 saturated heterocycles. The van der Waals surface area contributed by atoms with E-state index >= 15 is 0 Å². The van der Waals surface area contributed by atoms with Crippen molar-refractivity contribution < 1.29 is 9.59 Å². The molecule has 1 atom stereocenters. The van der Waals surface area contributed by atoms with Gasteiger partial charge in [0.05, 0.1) is 0 Å². The molecule has 0 fully saturated rings. The van der Waals surface area contributed by atoms with Crippen molar-refractivity contribution in [2.24, 2.45) is 5.73 Å². The highest BCUT2D eigenvalue weighted by Crippen LogP contribution is 2.12. The zero-order chi connectivity index (χ0) is 12.0. The largest absolute Gasteiger partial charge is 0.368 e. The van der Waals surface area contributed by atoms with Crippen molar-refractivity contribution in [2.45, 2.75) is 19.4 Å². The smallest absolute Gasteiger partial charge is 0.240 e. The molecule has 5 nitrogen and oxygen atoms in total. The third kappa shape index (κ3) is 2.98. The van der Waals surface area contributed by atoms with Gasteiger partial charge in [0.15, 0.2) is 0 Å². The predicted molar refractivity (Wildman–Crippen MR) is 61.4 cm³/mol. The van der Waals surface area contributed by atoms with Gasteiger partial charge in [0.1, 0.15) is 6.04 Å². The number of hydrogen-bond acceptors (Lipinski definition) is 2. The van der Waals surface area contributed by atoms with Gasteiger partial charge in [-0.25, -0.2) is 0 Å². The highest BCUT2D eigenvalue weighted by atomic mass is 16.2. The lowest BCUT2D eigenvalue weighted by atomic mass is 10.0. The Kier molecular flexibility index (Phi) is 4.32. The molecule has 1 heterocycles. The molecule has 4 N–H and O–H groups in total. The molecule has 0 aliphatic carbocycles. The lowest BCUT2D eigenvalue weighted by Crippen LogP contribution is -2.42. The van der Waals surface area contributed by atoms with Crippen molar-refractivity contribution in [3.63, 3.8) is 0 Å². The van der Waals surface area contributed by atoms with Gasteiger partial charge in [0, 0.05) is 18.8 Å². The minimum atomic E-state index is -0.669. The summed E-state index contributed by atoms with van der Waals surface area (Å²) in [4.78, 5) is 24.3. The van der Waals surface area contributed by atoms with Gasteiger partial charge < -0.3 is 16.0 Å². The highest BCUT2D eigenvalue weighted by Gasteiger charge is 2.16. The molecular formula is C11H15N3O2. The molecule has 16 heavy (non-hydrogen) atoms. The number of nitrogens with one attached hydrogen (secondary N) is 2. The Hall–Kier alpha value is -2.04. The van der Waals surface area contributed by atoms with Crippen LogP contribution in [0.5, 0.6) is 0 Å². The van der Waals surface area contributed by atoms with Gasteiger partial charge in [0.25, 0.3) is 0 Å². The number of primary amides is 1. The average Bonchev–Trinajstić information content (AvgIpc) is 2.65. The van der Waals surface area contributed by atoms with Crippen LogP contribution in [0, 0.1) is 0 Å². The van der Waals surface area contributed by atoms with Crippen LogP contribution < -0.4 is 11.1 Å². The molecule has 0 spiro atoms. The number of hydrogen-bond donors (Lipinski definition) is 3. The van der Waals surface area contributed by atoms with E-state index in [1.54, 1.807) is 6.20 Å². The molecule has 0 aromatic carbocycles. The predicted octanol–water partition coefficient (Wildman–Crippen LogP) is 0.190. The SMILES string of the molecule is CC=Cc1c[nH]cc1CC(NC=O)C(N)=O. The summed E-state index contributed by atoms with van der Waals surface area (Å²) in [7, 11) is 0. The number of nitrogens with two attached hydrogens (primary N) is 1. The van der Waals surface area contributed by atoms with Crippen LogP contribution in [0.3, 0.4) is 0 Å². The molecule has 0 aliphatic heterocycles. The van der Waals surface area contributed by atoms with Crippen LogP contribution in [0.2, 0.25) is 0 Å². The van der Waals surface area contributed by atoms with Crippen LogP contribution in [0.25, 0.3) is 6.08 Å². The van der Waals surface area contributed by atoms with E-state index in [1.165, 1.54) is 0 Å². The number of amides is 2. The maximum absolute atomic E-state index is 11.1. The standard InChI is InChI=1S/C11H15N3O2/c1-2-3-8-5-13-6-9(8)4-10(11(12)16)14-7-15/h2-3,5-7,10,13H,4H2,1H3,(H2,12,16)(H,14,15). The number of aromatic amines is 1.